The summed E-state index contributed by atoms with van der Waals surface area (Å²) >= 11 is 0. The van der Waals surface area contributed by atoms with E-state index < -0.39 is 5.41 Å². The largest absolute Gasteiger partial charge is 0.381 e. The van der Waals surface area contributed by atoms with Crippen LogP contribution < -0.4 is 11.1 Å². The summed E-state index contributed by atoms with van der Waals surface area (Å²) in [5, 5.41) is 3.02. The van der Waals surface area contributed by atoms with Crippen molar-refractivity contribution in [2.45, 2.75) is 32.6 Å². The lowest BCUT2D eigenvalue weighted by molar-refractivity contribution is -0.130. The molecular weight excluding hydrogens is 288 g/mol. The van der Waals surface area contributed by atoms with E-state index in [-0.39, 0.29) is 18.3 Å². The fourth-order valence-electron chi connectivity index (χ4n) is 2.53. The van der Waals surface area contributed by atoms with Crippen LogP contribution in [0.4, 0.5) is 5.69 Å². The fraction of sp³-hybridized carbons (Fsp3) is 0.562. The minimum atomic E-state index is -0.480. The molecule has 1 aromatic carbocycles. The van der Waals surface area contributed by atoms with Gasteiger partial charge in [0.1, 0.15) is 0 Å². The summed E-state index contributed by atoms with van der Waals surface area (Å²) in [6.45, 7) is 5.86. The van der Waals surface area contributed by atoms with E-state index in [0.29, 0.717) is 38.5 Å². The van der Waals surface area contributed by atoms with Crippen LogP contribution >= 0.6 is 12.4 Å². The number of benzene rings is 1. The summed E-state index contributed by atoms with van der Waals surface area (Å²) in [6.07, 6.45) is 1.39. The van der Waals surface area contributed by atoms with E-state index >= 15 is 0 Å². The lowest BCUT2D eigenvalue weighted by Crippen LogP contribution is -2.46. The van der Waals surface area contributed by atoms with E-state index in [4.69, 9.17) is 10.5 Å². The summed E-state index contributed by atoms with van der Waals surface area (Å²) in [4.78, 5) is 12.6. The number of hydrogen-bond donors (Lipinski definition) is 2. The Labute approximate surface area is 132 Å². The van der Waals surface area contributed by atoms with Crippen molar-refractivity contribution in [1.82, 2.24) is 0 Å². The second kappa shape index (κ2) is 7.78. The van der Waals surface area contributed by atoms with Gasteiger partial charge in [-0.25, -0.2) is 0 Å². The molecule has 1 aliphatic heterocycles. The second-order valence-corrected chi connectivity index (χ2v) is 5.83. The first kappa shape index (κ1) is 18.0. The van der Waals surface area contributed by atoms with Gasteiger partial charge in [0.25, 0.3) is 0 Å². The molecule has 0 bridgehead atoms. The Morgan fingerprint density at radius 1 is 1.38 bits per heavy atom. The SMILES string of the molecule is CC(C)c1cccc(NC(=O)C2(CN)CCOCC2)c1.Cl. The molecule has 1 heterocycles. The van der Waals surface area contributed by atoms with E-state index in [1.807, 2.05) is 18.2 Å². The number of anilines is 1. The number of rotatable bonds is 4. The predicted molar refractivity (Wildman–Crippen MR) is 87.9 cm³/mol. The van der Waals surface area contributed by atoms with Crippen LogP contribution in [0.15, 0.2) is 24.3 Å². The van der Waals surface area contributed by atoms with E-state index in [0.717, 1.165) is 5.69 Å². The van der Waals surface area contributed by atoms with Crippen LogP contribution in [-0.2, 0) is 9.53 Å². The number of carbonyl (C=O) groups excluding carboxylic acids is 1. The minimum Gasteiger partial charge on any atom is -0.381 e. The van der Waals surface area contributed by atoms with Crippen molar-refractivity contribution in [3.8, 4) is 0 Å². The fourth-order valence-corrected chi connectivity index (χ4v) is 2.53. The number of nitrogens with two attached hydrogens (primary N) is 1. The van der Waals surface area contributed by atoms with Crippen LogP contribution in [-0.4, -0.2) is 25.7 Å². The average molecular weight is 313 g/mol. The number of amides is 1. The highest BCUT2D eigenvalue weighted by Crippen LogP contribution is 2.31. The molecule has 0 saturated carbocycles. The van der Waals surface area contributed by atoms with Crippen LogP contribution in [0.3, 0.4) is 0 Å². The molecule has 2 rings (SSSR count). The van der Waals surface area contributed by atoms with Gasteiger partial charge in [-0.2, -0.15) is 0 Å². The first-order chi connectivity index (χ1) is 9.57. The van der Waals surface area contributed by atoms with E-state index in [9.17, 15) is 4.79 Å². The summed E-state index contributed by atoms with van der Waals surface area (Å²) in [7, 11) is 0. The molecule has 0 aromatic heterocycles. The molecule has 0 aliphatic carbocycles. The Morgan fingerprint density at radius 3 is 2.62 bits per heavy atom. The van der Waals surface area contributed by atoms with Crippen molar-refractivity contribution in [3.05, 3.63) is 29.8 Å². The third-order valence-corrected chi connectivity index (χ3v) is 4.13. The Morgan fingerprint density at radius 2 is 2.05 bits per heavy atom. The molecule has 4 nitrogen and oxygen atoms in total. The molecule has 118 valence electrons. The van der Waals surface area contributed by atoms with Gasteiger partial charge in [-0.15, -0.1) is 12.4 Å². The van der Waals surface area contributed by atoms with Crippen molar-refractivity contribution in [1.29, 1.82) is 0 Å². The maximum Gasteiger partial charge on any atom is 0.232 e. The van der Waals surface area contributed by atoms with Gasteiger partial charge in [0.2, 0.25) is 5.91 Å². The standard InChI is InChI=1S/C16H24N2O2.ClH/c1-12(2)13-4-3-5-14(10-13)18-15(19)16(11-17)6-8-20-9-7-16;/h3-5,10,12H,6-9,11,17H2,1-2H3,(H,18,19);1H. The molecule has 0 radical (unpaired) electrons. The normalized spacial score (nSPS) is 17.1. The minimum absolute atomic E-state index is 0. The van der Waals surface area contributed by atoms with Crippen molar-refractivity contribution < 1.29 is 9.53 Å². The maximum absolute atomic E-state index is 12.6. The number of hydrogen-bond acceptors (Lipinski definition) is 3. The molecule has 1 aliphatic rings. The van der Waals surface area contributed by atoms with Gasteiger partial charge >= 0.3 is 0 Å². The highest BCUT2D eigenvalue weighted by Gasteiger charge is 2.38. The van der Waals surface area contributed by atoms with Gasteiger partial charge < -0.3 is 15.8 Å². The second-order valence-electron chi connectivity index (χ2n) is 5.83. The van der Waals surface area contributed by atoms with Crippen LogP contribution in [0.2, 0.25) is 0 Å². The third kappa shape index (κ3) is 4.19. The molecule has 21 heavy (non-hydrogen) atoms. The smallest absolute Gasteiger partial charge is 0.232 e. The van der Waals surface area contributed by atoms with Gasteiger partial charge in [-0.3, -0.25) is 4.79 Å². The maximum atomic E-state index is 12.6. The number of nitrogens with one attached hydrogen (secondary N) is 1. The summed E-state index contributed by atoms with van der Waals surface area (Å²) < 4.78 is 5.34. The first-order valence-electron chi connectivity index (χ1n) is 7.27. The molecule has 1 fully saturated rings. The molecule has 0 spiro atoms. The van der Waals surface area contributed by atoms with Crippen molar-refractivity contribution in [3.63, 3.8) is 0 Å². The Bertz CT molecular complexity index is 471. The van der Waals surface area contributed by atoms with Crippen molar-refractivity contribution in [2.24, 2.45) is 11.1 Å². The Balaban J connectivity index is 0.00000220. The van der Waals surface area contributed by atoms with E-state index in [1.54, 1.807) is 0 Å². The topological polar surface area (TPSA) is 64.4 Å². The predicted octanol–water partition coefficient (Wildman–Crippen LogP) is 2.93. The number of carbonyl (C=O) groups is 1. The zero-order valence-corrected chi connectivity index (χ0v) is 13.5. The van der Waals surface area contributed by atoms with Crippen LogP contribution in [0.1, 0.15) is 38.2 Å². The molecule has 1 saturated heterocycles. The lowest BCUT2D eigenvalue weighted by Gasteiger charge is -2.34. The van der Waals surface area contributed by atoms with E-state index in [1.165, 1.54) is 5.56 Å². The van der Waals surface area contributed by atoms with Crippen molar-refractivity contribution in [2.75, 3.05) is 25.1 Å². The van der Waals surface area contributed by atoms with Gasteiger partial charge in [-0.05, 0) is 36.5 Å². The molecule has 3 N–H and O–H groups in total. The highest BCUT2D eigenvalue weighted by atomic mass is 35.5. The van der Waals surface area contributed by atoms with Gasteiger partial charge in [0, 0.05) is 25.4 Å². The number of ether oxygens (including phenoxy) is 1. The zero-order chi connectivity index (χ0) is 14.6. The molecule has 1 amide bonds. The van der Waals surface area contributed by atoms with Crippen molar-refractivity contribution >= 4 is 24.0 Å². The van der Waals surface area contributed by atoms with Crippen LogP contribution in [0, 0.1) is 5.41 Å². The molecule has 0 atom stereocenters. The molecule has 5 heteroatoms. The zero-order valence-electron chi connectivity index (χ0n) is 12.7. The summed E-state index contributed by atoms with van der Waals surface area (Å²) in [6, 6.07) is 8.01. The Hall–Kier alpha value is -1.10. The van der Waals surface area contributed by atoms with Crippen LogP contribution in [0.5, 0.6) is 0 Å². The lowest BCUT2D eigenvalue weighted by atomic mass is 9.79. The van der Waals surface area contributed by atoms with Gasteiger partial charge in [-0.1, -0.05) is 26.0 Å². The van der Waals surface area contributed by atoms with Gasteiger partial charge in [0.15, 0.2) is 0 Å². The quantitative estimate of drug-likeness (QED) is 0.898. The summed E-state index contributed by atoms with van der Waals surface area (Å²) in [5.41, 5.74) is 7.44. The highest BCUT2D eigenvalue weighted by molar-refractivity contribution is 5.95. The van der Waals surface area contributed by atoms with E-state index in [2.05, 4.69) is 25.2 Å². The average Bonchev–Trinajstić information content (AvgIpc) is 2.48. The number of halogens is 1. The van der Waals surface area contributed by atoms with Gasteiger partial charge in [0.05, 0.1) is 5.41 Å². The monoisotopic (exact) mass is 312 g/mol. The molecular formula is C16H25ClN2O2. The molecule has 1 aromatic rings. The Kier molecular flexibility index (Phi) is 6.65. The first-order valence-corrected chi connectivity index (χ1v) is 7.27. The third-order valence-electron chi connectivity index (χ3n) is 4.13. The summed E-state index contributed by atoms with van der Waals surface area (Å²) in [5.74, 6) is 0.461. The molecule has 0 unspecified atom stereocenters. The van der Waals surface area contributed by atoms with Crippen LogP contribution in [0.25, 0.3) is 0 Å².